The Hall–Kier alpha value is -2.85. The van der Waals surface area contributed by atoms with Gasteiger partial charge >= 0.3 is 6.01 Å². The molecule has 11 heteroatoms. The fourth-order valence-electron chi connectivity index (χ4n) is 2.30. The molecule has 0 saturated carbocycles. The summed E-state index contributed by atoms with van der Waals surface area (Å²) in [7, 11) is 0. The summed E-state index contributed by atoms with van der Waals surface area (Å²) in [4.78, 5) is 15.0. The molecule has 2 rings (SSSR count). The van der Waals surface area contributed by atoms with Gasteiger partial charge in [0.05, 0.1) is 12.3 Å². The maximum absolute atomic E-state index is 10.4. The van der Waals surface area contributed by atoms with E-state index in [1.54, 1.807) is 0 Å². The summed E-state index contributed by atoms with van der Waals surface area (Å²) < 4.78 is 7.07. The summed E-state index contributed by atoms with van der Waals surface area (Å²) in [5.41, 5.74) is 1.19. The molecule has 0 unspecified atom stereocenters. The van der Waals surface area contributed by atoms with Crippen LogP contribution in [0.5, 0.6) is 6.01 Å². The Kier molecular flexibility index (Phi) is 5.78. The number of aryl methyl sites for hydroxylation is 2. The van der Waals surface area contributed by atoms with Gasteiger partial charge in [0.2, 0.25) is 0 Å². The maximum atomic E-state index is 10.4. The molecule has 0 radical (unpaired) electrons. The van der Waals surface area contributed by atoms with Gasteiger partial charge in [0.1, 0.15) is 6.61 Å². The Morgan fingerprint density at radius 3 is 2.28 bits per heavy atom. The van der Waals surface area contributed by atoms with E-state index < -0.39 is 10.5 Å². The van der Waals surface area contributed by atoms with Crippen LogP contribution in [0.3, 0.4) is 0 Å². The van der Waals surface area contributed by atoms with Crippen LogP contribution in [0.2, 0.25) is 0 Å². The zero-order valence-electron chi connectivity index (χ0n) is 14.7. The fraction of sp³-hybridized carbons (Fsp3) is 0.643. The lowest BCUT2D eigenvalue weighted by atomic mass is 9.84. The van der Waals surface area contributed by atoms with Gasteiger partial charge in [0.15, 0.2) is 0 Å². The topological polar surface area (TPSA) is 131 Å². The predicted octanol–water partition coefficient (Wildman–Crippen LogP) is 1.46. The van der Waals surface area contributed by atoms with Gasteiger partial charge in [-0.1, -0.05) is 24.0 Å². The molecule has 0 bridgehead atoms. The summed E-state index contributed by atoms with van der Waals surface area (Å²) in [5.74, 6) is 0.242. The molecule has 0 aliphatic heterocycles. The Balaban J connectivity index is 2.04. The fourth-order valence-corrected chi connectivity index (χ4v) is 2.30. The Morgan fingerprint density at radius 1 is 1.16 bits per heavy atom. The van der Waals surface area contributed by atoms with E-state index in [0.29, 0.717) is 12.8 Å². The summed E-state index contributed by atoms with van der Waals surface area (Å²) >= 11 is 0. The van der Waals surface area contributed by atoms with Crippen LogP contribution < -0.4 is 4.74 Å². The summed E-state index contributed by atoms with van der Waals surface area (Å²) in [5, 5.41) is 29.6. The number of hydrogen-bond acceptors (Lipinski definition) is 9. The van der Waals surface area contributed by atoms with Crippen molar-refractivity contribution < 1.29 is 14.7 Å². The molecular formula is C14H21N7O4. The van der Waals surface area contributed by atoms with E-state index in [9.17, 15) is 10.1 Å². The smallest absolute Gasteiger partial charge is 0.355 e. The normalized spacial score (nSPS) is 11.4. The Morgan fingerprint density at radius 2 is 1.80 bits per heavy atom. The largest absolute Gasteiger partial charge is 0.461 e. The highest BCUT2D eigenvalue weighted by Gasteiger charge is 2.29. The van der Waals surface area contributed by atoms with Crippen LogP contribution in [0.1, 0.15) is 38.1 Å². The molecule has 2 aromatic heterocycles. The second-order valence-electron chi connectivity index (χ2n) is 5.81. The molecule has 11 nitrogen and oxygen atoms in total. The highest BCUT2D eigenvalue weighted by atomic mass is 16.9. The highest BCUT2D eigenvalue weighted by Crippen LogP contribution is 2.27. The van der Waals surface area contributed by atoms with Crippen molar-refractivity contribution in [2.75, 3.05) is 13.2 Å². The molecule has 25 heavy (non-hydrogen) atoms. The molecule has 0 saturated heterocycles. The molecule has 0 aliphatic rings. The highest BCUT2D eigenvalue weighted by molar-refractivity contribution is 5.16. The van der Waals surface area contributed by atoms with Crippen LogP contribution in [0.15, 0.2) is 6.07 Å². The summed E-state index contributed by atoms with van der Waals surface area (Å²) in [6, 6.07) is 1.89. The van der Waals surface area contributed by atoms with Crippen LogP contribution in [-0.2, 0) is 4.84 Å². The average molecular weight is 351 g/mol. The SMILES string of the molecule is CCC(CC)(COc1nnc(-n2nc(C)cc2C)nn1)CO[N+](=O)[O-]. The molecule has 0 aromatic carbocycles. The standard InChI is InChI=1S/C14H21N7O4/c1-5-14(6-2,9-25-21(22)23)8-24-13-17-15-12(16-18-13)20-11(4)7-10(3)19-20/h7H,5-6,8-9H2,1-4H3. The molecule has 0 N–H and O–H groups in total. The third-order valence-corrected chi connectivity index (χ3v) is 4.13. The van der Waals surface area contributed by atoms with Crippen molar-refractivity contribution in [2.45, 2.75) is 40.5 Å². The molecule has 0 atom stereocenters. The lowest BCUT2D eigenvalue weighted by molar-refractivity contribution is -0.761. The molecule has 136 valence electrons. The van der Waals surface area contributed by atoms with Gasteiger partial charge in [-0.25, -0.2) is 4.68 Å². The molecule has 0 fully saturated rings. The molecule has 0 amide bonds. The van der Waals surface area contributed by atoms with Crippen molar-refractivity contribution in [1.82, 2.24) is 30.2 Å². The van der Waals surface area contributed by atoms with Crippen LogP contribution in [-0.4, -0.2) is 48.5 Å². The molecule has 0 spiro atoms. The van der Waals surface area contributed by atoms with E-state index in [0.717, 1.165) is 11.4 Å². The predicted molar refractivity (Wildman–Crippen MR) is 85.7 cm³/mol. The van der Waals surface area contributed by atoms with Gasteiger partial charge in [0.25, 0.3) is 11.0 Å². The van der Waals surface area contributed by atoms with Crippen LogP contribution >= 0.6 is 0 Å². The lowest BCUT2D eigenvalue weighted by Crippen LogP contribution is -2.34. The minimum atomic E-state index is -0.803. The van der Waals surface area contributed by atoms with Gasteiger partial charge in [-0.05, 0) is 32.8 Å². The number of ether oxygens (including phenoxy) is 1. The molecule has 0 aliphatic carbocycles. The van der Waals surface area contributed by atoms with Gasteiger partial charge in [-0.2, -0.15) is 5.10 Å². The van der Waals surface area contributed by atoms with Gasteiger partial charge in [0, 0.05) is 11.1 Å². The lowest BCUT2D eigenvalue weighted by Gasteiger charge is -2.29. The number of hydrogen-bond donors (Lipinski definition) is 0. The van der Waals surface area contributed by atoms with E-state index in [2.05, 4.69) is 30.3 Å². The van der Waals surface area contributed by atoms with Gasteiger partial charge in [-0.15, -0.1) is 20.3 Å². The van der Waals surface area contributed by atoms with Crippen LogP contribution in [0, 0.1) is 29.4 Å². The van der Waals surface area contributed by atoms with Crippen molar-refractivity contribution in [1.29, 1.82) is 0 Å². The van der Waals surface area contributed by atoms with Crippen LogP contribution in [0.4, 0.5) is 0 Å². The second-order valence-corrected chi connectivity index (χ2v) is 5.81. The molecule has 2 heterocycles. The first-order valence-electron chi connectivity index (χ1n) is 7.90. The van der Waals surface area contributed by atoms with Crippen molar-refractivity contribution in [3.05, 3.63) is 27.6 Å². The van der Waals surface area contributed by atoms with Crippen molar-refractivity contribution in [2.24, 2.45) is 5.41 Å². The van der Waals surface area contributed by atoms with E-state index >= 15 is 0 Å². The third kappa shape index (κ3) is 4.58. The number of nitrogens with zero attached hydrogens (tertiary/aromatic N) is 7. The first-order chi connectivity index (χ1) is 11.9. The zero-order valence-corrected chi connectivity index (χ0v) is 14.7. The number of aromatic nitrogens is 6. The third-order valence-electron chi connectivity index (χ3n) is 4.13. The monoisotopic (exact) mass is 351 g/mol. The van der Waals surface area contributed by atoms with Crippen LogP contribution in [0.25, 0.3) is 5.95 Å². The summed E-state index contributed by atoms with van der Waals surface area (Å²) in [6.07, 6.45) is 1.28. The number of rotatable bonds is 9. The summed E-state index contributed by atoms with van der Waals surface area (Å²) in [6.45, 7) is 7.68. The van der Waals surface area contributed by atoms with Crippen molar-refractivity contribution >= 4 is 0 Å². The van der Waals surface area contributed by atoms with E-state index in [1.807, 2.05) is 33.8 Å². The first-order valence-corrected chi connectivity index (χ1v) is 7.90. The van der Waals surface area contributed by atoms with E-state index in [4.69, 9.17) is 4.74 Å². The van der Waals surface area contributed by atoms with Gasteiger partial charge < -0.3 is 9.57 Å². The van der Waals surface area contributed by atoms with Crippen molar-refractivity contribution in [3.63, 3.8) is 0 Å². The maximum Gasteiger partial charge on any atom is 0.355 e. The quantitative estimate of drug-likeness (QED) is 0.486. The Bertz CT molecular complexity index is 712. The zero-order chi connectivity index (χ0) is 18.4. The second kappa shape index (κ2) is 7.81. The first kappa shape index (κ1) is 18.5. The van der Waals surface area contributed by atoms with Gasteiger partial charge in [-0.3, -0.25) is 0 Å². The Labute approximate surface area is 144 Å². The van der Waals surface area contributed by atoms with E-state index in [-0.39, 0.29) is 25.2 Å². The minimum Gasteiger partial charge on any atom is -0.461 e. The molecule has 2 aromatic rings. The van der Waals surface area contributed by atoms with E-state index in [1.165, 1.54) is 4.68 Å². The minimum absolute atomic E-state index is 0.00217. The van der Waals surface area contributed by atoms with Crippen molar-refractivity contribution in [3.8, 4) is 12.0 Å². The average Bonchev–Trinajstić information content (AvgIpc) is 2.94. The molecular weight excluding hydrogens is 330 g/mol.